The molecule has 7 heteroatoms. The molecule has 1 unspecified atom stereocenters. The Kier molecular flexibility index (Phi) is 6.11. The summed E-state index contributed by atoms with van der Waals surface area (Å²) in [6.07, 6.45) is -0.0306. The van der Waals surface area contributed by atoms with Crippen molar-refractivity contribution in [3.8, 4) is 5.75 Å². The maximum Gasteiger partial charge on any atom is 0.226 e. The third-order valence-electron chi connectivity index (χ3n) is 3.17. The minimum absolute atomic E-state index is 0.0168. The van der Waals surface area contributed by atoms with Crippen LogP contribution in [0.4, 0.5) is 0 Å². The first kappa shape index (κ1) is 16.4. The molecule has 1 N–H and O–H groups in total. The van der Waals surface area contributed by atoms with Crippen LogP contribution in [-0.4, -0.2) is 54.9 Å². The van der Waals surface area contributed by atoms with Crippen molar-refractivity contribution in [2.45, 2.75) is 12.5 Å². The number of nitrogens with zero attached hydrogens (tertiary/aromatic N) is 1. The molecule has 1 heterocycles. The summed E-state index contributed by atoms with van der Waals surface area (Å²) >= 11 is 11.7. The van der Waals surface area contributed by atoms with Crippen LogP contribution in [0.15, 0.2) is 18.2 Å². The van der Waals surface area contributed by atoms with Gasteiger partial charge in [-0.05, 0) is 12.1 Å². The first-order chi connectivity index (χ1) is 10.1. The molecule has 0 aliphatic carbocycles. The monoisotopic (exact) mass is 333 g/mol. The highest BCUT2D eigenvalue weighted by Gasteiger charge is 2.23. The SMILES string of the molecule is O=C(CCOc1ccc(Cl)c(Cl)c1)N1CCOC(CO)C1. The molecule has 1 aliphatic rings. The van der Waals surface area contributed by atoms with Crippen molar-refractivity contribution < 1.29 is 19.4 Å². The Hall–Kier alpha value is -1.01. The second kappa shape index (κ2) is 7.84. The Morgan fingerprint density at radius 2 is 2.24 bits per heavy atom. The smallest absolute Gasteiger partial charge is 0.226 e. The molecule has 0 spiro atoms. The van der Waals surface area contributed by atoms with E-state index in [0.717, 1.165) is 0 Å². The van der Waals surface area contributed by atoms with Gasteiger partial charge in [0.2, 0.25) is 5.91 Å². The molecule has 1 aromatic carbocycles. The fraction of sp³-hybridized carbons (Fsp3) is 0.500. The molecule has 2 rings (SSSR count). The zero-order chi connectivity index (χ0) is 15.2. The van der Waals surface area contributed by atoms with E-state index in [1.165, 1.54) is 0 Å². The van der Waals surface area contributed by atoms with E-state index in [1.54, 1.807) is 23.1 Å². The van der Waals surface area contributed by atoms with Crippen molar-refractivity contribution >= 4 is 29.1 Å². The van der Waals surface area contributed by atoms with Crippen molar-refractivity contribution in [2.75, 3.05) is 32.9 Å². The zero-order valence-electron chi connectivity index (χ0n) is 11.4. The summed E-state index contributed by atoms with van der Waals surface area (Å²) in [7, 11) is 0. The van der Waals surface area contributed by atoms with Crippen LogP contribution in [0.3, 0.4) is 0 Å². The average molecular weight is 334 g/mol. The number of halogens is 2. The largest absolute Gasteiger partial charge is 0.493 e. The number of hydrogen-bond acceptors (Lipinski definition) is 4. The number of ether oxygens (including phenoxy) is 2. The molecule has 0 bridgehead atoms. The lowest BCUT2D eigenvalue weighted by Crippen LogP contribution is -2.47. The van der Waals surface area contributed by atoms with Crippen LogP contribution in [0.2, 0.25) is 10.0 Å². The fourth-order valence-electron chi connectivity index (χ4n) is 2.04. The summed E-state index contributed by atoms with van der Waals surface area (Å²) in [6.45, 7) is 1.59. The molecule has 0 aromatic heterocycles. The van der Waals surface area contributed by atoms with E-state index < -0.39 is 0 Å². The molecule has 0 radical (unpaired) electrons. The summed E-state index contributed by atoms with van der Waals surface area (Å²) in [5.74, 6) is 0.559. The summed E-state index contributed by atoms with van der Waals surface area (Å²) in [6, 6.07) is 4.97. The molecule has 1 aromatic rings. The average Bonchev–Trinajstić information content (AvgIpc) is 2.50. The number of amides is 1. The van der Waals surface area contributed by atoms with Crippen LogP contribution in [0, 0.1) is 0 Å². The standard InChI is InChI=1S/C14H17Cl2NO4/c15-12-2-1-10(7-13(12)16)20-5-3-14(19)17-4-6-21-11(8-17)9-18/h1-2,7,11,18H,3-6,8-9H2. The van der Waals surface area contributed by atoms with Gasteiger partial charge in [-0.25, -0.2) is 0 Å². The van der Waals surface area contributed by atoms with Crippen LogP contribution in [0.5, 0.6) is 5.75 Å². The van der Waals surface area contributed by atoms with Gasteiger partial charge in [0.25, 0.3) is 0 Å². The van der Waals surface area contributed by atoms with Gasteiger partial charge in [-0.1, -0.05) is 23.2 Å². The van der Waals surface area contributed by atoms with E-state index in [9.17, 15) is 4.79 Å². The van der Waals surface area contributed by atoms with Crippen molar-refractivity contribution in [3.05, 3.63) is 28.2 Å². The van der Waals surface area contributed by atoms with Gasteiger partial charge in [0.15, 0.2) is 0 Å². The molecular weight excluding hydrogens is 317 g/mol. The second-order valence-electron chi connectivity index (χ2n) is 4.69. The molecule has 1 aliphatic heterocycles. The Morgan fingerprint density at radius 3 is 2.95 bits per heavy atom. The predicted octanol–water partition coefficient (Wildman–Crippen LogP) is 1.98. The number of rotatable bonds is 5. The predicted molar refractivity (Wildman–Crippen MR) is 80.0 cm³/mol. The van der Waals surface area contributed by atoms with Crippen molar-refractivity contribution in [1.82, 2.24) is 4.90 Å². The highest BCUT2D eigenvalue weighted by molar-refractivity contribution is 6.42. The van der Waals surface area contributed by atoms with Crippen LogP contribution < -0.4 is 4.74 Å². The molecule has 116 valence electrons. The number of carbonyl (C=O) groups is 1. The van der Waals surface area contributed by atoms with Gasteiger partial charge in [0, 0.05) is 19.2 Å². The molecule has 1 atom stereocenters. The lowest BCUT2D eigenvalue weighted by atomic mass is 10.2. The van der Waals surface area contributed by atoms with Crippen molar-refractivity contribution in [1.29, 1.82) is 0 Å². The van der Waals surface area contributed by atoms with Gasteiger partial charge in [0.1, 0.15) is 5.75 Å². The molecular formula is C14H17Cl2NO4. The Morgan fingerprint density at radius 1 is 1.43 bits per heavy atom. The molecule has 5 nitrogen and oxygen atoms in total. The number of benzene rings is 1. The van der Waals surface area contributed by atoms with Crippen molar-refractivity contribution in [3.63, 3.8) is 0 Å². The minimum atomic E-state index is -0.293. The highest BCUT2D eigenvalue weighted by atomic mass is 35.5. The zero-order valence-corrected chi connectivity index (χ0v) is 12.9. The quantitative estimate of drug-likeness (QED) is 0.895. The number of aliphatic hydroxyl groups excluding tert-OH is 1. The maximum atomic E-state index is 12.0. The fourth-order valence-corrected chi connectivity index (χ4v) is 2.33. The number of aliphatic hydroxyl groups is 1. The molecule has 1 saturated heterocycles. The van der Waals surface area contributed by atoms with E-state index >= 15 is 0 Å². The Balaban J connectivity index is 1.77. The normalized spacial score (nSPS) is 18.6. The van der Waals surface area contributed by atoms with Gasteiger partial charge in [0.05, 0.1) is 42.4 Å². The number of carbonyl (C=O) groups excluding carboxylic acids is 1. The van der Waals surface area contributed by atoms with Crippen LogP contribution >= 0.6 is 23.2 Å². The van der Waals surface area contributed by atoms with Crippen LogP contribution in [0.1, 0.15) is 6.42 Å². The number of hydrogen-bond donors (Lipinski definition) is 1. The van der Waals surface area contributed by atoms with Gasteiger partial charge in [-0.15, -0.1) is 0 Å². The Labute approximate surface area is 133 Å². The second-order valence-corrected chi connectivity index (χ2v) is 5.50. The lowest BCUT2D eigenvalue weighted by molar-refractivity contribution is -0.140. The van der Waals surface area contributed by atoms with Crippen molar-refractivity contribution in [2.24, 2.45) is 0 Å². The van der Waals surface area contributed by atoms with E-state index in [4.69, 9.17) is 37.8 Å². The molecule has 0 saturated carbocycles. The third-order valence-corrected chi connectivity index (χ3v) is 3.91. The van der Waals surface area contributed by atoms with Crippen LogP contribution in [-0.2, 0) is 9.53 Å². The first-order valence-electron chi connectivity index (χ1n) is 6.68. The first-order valence-corrected chi connectivity index (χ1v) is 7.44. The summed E-state index contributed by atoms with van der Waals surface area (Å²) in [5, 5.41) is 9.93. The third kappa shape index (κ3) is 4.74. The molecule has 1 amide bonds. The highest BCUT2D eigenvalue weighted by Crippen LogP contribution is 2.26. The van der Waals surface area contributed by atoms with Gasteiger partial charge >= 0.3 is 0 Å². The number of morpholine rings is 1. The maximum absolute atomic E-state index is 12.0. The van der Waals surface area contributed by atoms with Gasteiger partial charge in [-0.3, -0.25) is 4.79 Å². The topological polar surface area (TPSA) is 59.0 Å². The van der Waals surface area contributed by atoms with Gasteiger partial charge < -0.3 is 19.5 Å². The molecule has 1 fully saturated rings. The Bertz CT molecular complexity index is 498. The summed E-state index contributed by atoms with van der Waals surface area (Å²) in [4.78, 5) is 13.7. The molecule has 21 heavy (non-hydrogen) atoms. The van der Waals surface area contributed by atoms with E-state index in [-0.39, 0.29) is 31.6 Å². The van der Waals surface area contributed by atoms with E-state index in [1.807, 2.05) is 0 Å². The van der Waals surface area contributed by atoms with Crippen LogP contribution in [0.25, 0.3) is 0 Å². The van der Waals surface area contributed by atoms with E-state index in [2.05, 4.69) is 0 Å². The summed E-state index contributed by atoms with van der Waals surface area (Å²) in [5.41, 5.74) is 0. The lowest BCUT2D eigenvalue weighted by Gasteiger charge is -2.32. The van der Waals surface area contributed by atoms with Gasteiger partial charge in [-0.2, -0.15) is 0 Å². The summed E-state index contributed by atoms with van der Waals surface area (Å²) < 4.78 is 10.8. The van der Waals surface area contributed by atoms with E-state index in [0.29, 0.717) is 35.5 Å². The minimum Gasteiger partial charge on any atom is -0.493 e.